The Balaban J connectivity index is 1.97. The quantitative estimate of drug-likeness (QED) is 0.588. The highest BCUT2D eigenvalue weighted by molar-refractivity contribution is 5.95. The fourth-order valence-electron chi connectivity index (χ4n) is 2.58. The molecule has 0 saturated heterocycles. The molecule has 1 N–H and O–H groups in total. The number of carboxylic acid groups (broad SMARTS) is 1. The highest BCUT2D eigenvalue weighted by atomic mass is 16.4. The van der Waals surface area contributed by atoms with E-state index in [0.717, 1.165) is 16.6 Å². The van der Waals surface area contributed by atoms with Crippen molar-refractivity contribution in [3.05, 3.63) is 71.0 Å². The van der Waals surface area contributed by atoms with Crippen LogP contribution >= 0.6 is 0 Å². The van der Waals surface area contributed by atoms with Crippen LogP contribution in [0.2, 0.25) is 0 Å². The van der Waals surface area contributed by atoms with Crippen LogP contribution in [0.25, 0.3) is 5.52 Å². The minimum Gasteiger partial charge on any atom is -0.545 e. The number of hydrogen-bond donors (Lipinski definition) is 1. The molecule has 6 heteroatoms. The van der Waals surface area contributed by atoms with Crippen LogP contribution in [-0.4, -0.2) is 16.6 Å². The van der Waals surface area contributed by atoms with Gasteiger partial charge in [-0.05, 0) is 30.7 Å². The highest BCUT2D eigenvalue weighted by Gasteiger charge is 2.12. The van der Waals surface area contributed by atoms with E-state index in [-0.39, 0.29) is 5.56 Å². The zero-order valence-corrected chi connectivity index (χ0v) is 12.9. The number of carbonyl (C=O) groups excluding carboxylic acids is 1. The molecule has 0 aliphatic heterocycles. The molecule has 0 spiro atoms. The summed E-state index contributed by atoms with van der Waals surface area (Å²) < 4.78 is 1.80. The number of aromatic carboxylic acids is 1. The van der Waals surface area contributed by atoms with Crippen LogP contribution in [0.3, 0.4) is 0 Å². The van der Waals surface area contributed by atoms with Gasteiger partial charge in [-0.25, -0.2) is 0 Å². The number of para-hydroxylation sites is 1. The van der Waals surface area contributed by atoms with Crippen molar-refractivity contribution in [2.45, 2.75) is 6.92 Å². The van der Waals surface area contributed by atoms with Crippen molar-refractivity contribution in [3.63, 3.8) is 0 Å². The van der Waals surface area contributed by atoms with Crippen molar-refractivity contribution in [2.75, 3.05) is 5.43 Å². The number of aromatic nitrogens is 1. The summed E-state index contributed by atoms with van der Waals surface area (Å²) in [5, 5.41) is 24.5. The minimum atomic E-state index is -1.27. The molecular weight excluding hydrogens is 304 g/mol. The van der Waals surface area contributed by atoms with Crippen LogP contribution in [0.15, 0.2) is 53.8 Å². The number of pyridine rings is 1. The maximum Gasteiger partial charge on any atom is 0.128 e. The van der Waals surface area contributed by atoms with Gasteiger partial charge in [-0.2, -0.15) is 10.4 Å². The smallest absolute Gasteiger partial charge is 0.128 e. The molecule has 0 aliphatic rings. The van der Waals surface area contributed by atoms with E-state index >= 15 is 0 Å². The number of nitrogens with one attached hydrogen (secondary N) is 1. The lowest BCUT2D eigenvalue weighted by Gasteiger charge is -2.08. The summed E-state index contributed by atoms with van der Waals surface area (Å²) in [5.41, 5.74) is 6.10. The molecule has 0 bridgehead atoms. The molecule has 2 aromatic heterocycles. The molecule has 6 nitrogen and oxygen atoms in total. The number of rotatable bonds is 4. The van der Waals surface area contributed by atoms with Gasteiger partial charge in [0.25, 0.3) is 0 Å². The normalized spacial score (nSPS) is 10.8. The summed E-state index contributed by atoms with van der Waals surface area (Å²) >= 11 is 0. The molecule has 2 heterocycles. The summed E-state index contributed by atoms with van der Waals surface area (Å²) in [4.78, 5) is 11.1. The lowest BCUT2D eigenvalue weighted by atomic mass is 10.1. The van der Waals surface area contributed by atoms with Crippen LogP contribution in [0, 0.1) is 18.3 Å². The second-order valence-corrected chi connectivity index (χ2v) is 5.16. The molecule has 24 heavy (non-hydrogen) atoms. The van der Waals surface area contributed by atoms with Gasteiger partial charge >= 0.3 is 0 Å². The Hall–Kier alpha value is -3.59. The first-order valence-electron chi connectivity index (χ1n) is 7.22. The molecule has 0 atom stereocenters. The Morgan fingerprint density at radius 2 is 2.04 bits per heavy atom. The van der Waals surface area contributed by atoms with Gasteiger partial charge in [0.05, 0.1) is 23.4 Å². The first kappa shape index (κ1) is 15.3. The molecule has 3 aromatic rings. The van der Waals surface area contributed by atoms with Crippen molar-refractivity contribution >= 4 is 23.4 Å². The second kappa shape index (κ2) is 6.26. The predicted octanol–water partition coefficient (Wildman–Crippen LogP) is 1.93. The number of nitriles is 1. The topological polar surface area (TPSA) is 92.7 Å². The van der Waals surface area contributed by atoms with Gasteiger partial charge < -0.3 is 14.3 Å². The number of carboxylic acids is 1. The SMILES string of the molecule is Cc1c(/C=N\Nc2ccccc2C(=O)[O-])c2ccccn2c1C#N. The van der Waals surface area contributed by atoms with Gasteiger partial charge in [0, 0.05) is 17.3 Å². The van der Waals surface area contributed by atoms with Crippen LogP contribution in [0.4, 0.5) is 5.69 Å². The average molecular weight is 317 g/mol. The van der Waals surface area contributed by atoms with Crippen molar-refractivity contribution in [1.29, 1.82) is 5.26 Å². The van der Waals surface area contributed by atoms with Gasteiger partial charge in [-0.1, -0.05) is 24.3 Å². The van der Waals surface area contributed by atoms with Gasteiger partial charge in [0.1, 0.15) is 11.8 Å². The van der Waals surface area contributed by atoms with E-state index in [2.05, 4.69) is 16.6 Å². The van der Waals surface area contributed by atoms with Crippen molar-refractivity contribution < 1.29 is 9.90 Å². The number of hydrazone groups is 1. The van der Waals surface area contributed by atoms with Crippen LogP contribution < -0.4 is 10.5 Å². The Labute approximate surface area is 138 Å². The van der Waals surface area contributed by atoms with Gasteiger partial charge in [0.15, 0.2) is 0 Å². The molecule has 3 rings (SSSR count). The van der Waals surface area contributed by atoms with E-state index in [4.69, 9.17) is 0 Å². The van der Waals surface area contributed by atoms with E-state index in [0.29, 0.717) is 11.4 Å². The Kier molecular flexibility index (Phi) is 4.00. The van der Waals surface area contributed by atoms with E-state index in [1.165, 1.54) is 6.07 Å². The first-order chi connectivity index (χ1) is 11.6. The fraction of sp³-hybridized carbons (Fsp3) is 0.0556. The van der Waals surface area contributed by atoms with Crippen LogP contribution in [0.1, 0.15) is 27.2 Å². The van der Waals surface area contributed by atoms with E-state index in [1.807, 2.05) is 31.3 Å². The molecule has 0 unspecified atom stereocenters. The number of carbonyl (C=O) groups is 1. The van der Waals surface area contributed by atoms with Crippen LogP contribution in [-0.2, 0) is 0 Å². The largest absolute Gasteiger partial charge is 0.545 e. The summed E-state index contributed by atoms with van der Waals surface area (Å²) in [5.74, 6) is -1.27. The highest BCUT2D eigenvalue weighted by Crippen LogP contribution is 2.21. The molecule has 0 aliphatic carbocycles. The van der Waals surface area contributed by atoms with Crippen molar-refractivity contribution in [2.24, 2.45) is 5.10 Å². The number of nitrogens with zero attached hydrogens (tertiary/aromatic N) is 3. The monoisotopic (exact) mass is 317 g/mol. The maximum atomic E-state index is 11.1. The maximum absolute atomic E-state index is 11.1. The first-order valence-corrected chi connectivity index (χ1v) is 7.22. The molecule has 0 saturated carbocycles. The molecule has 1 aromatic carbocycles. The third-order valence-electron chi connectivity index (χ3n) is 3.77. The second-order valence-electron chi connectivity index (χ2n) is 5.16. The summed E-state index contributed by atoms with van der Waals surface area (Å²) in [6.07, 6.45) is 3.40. The van der Waals surface area contributed by atoms with Crippen LogP contribution in [0.5, 0.6) is 0 Å². The Bertz CT molecular complexity index is 996. The molecule has 0 amide bonds. The Morgan fingerprint density at radius 1 is 1.29 bits per heavy atom. The van der Waals surface area contributed by atoms with E-state index in [9.17, 15) is 15.2 Å². The molecule has 0 radical (unpaired) electrons. The van der Waals surface area contributed by atoms with E-state index < -0.39 is 5.97 Å². The number of hydrogen-bond acceptors (Lipinski definition) is 5. The average Bonchev–Trinajstić information content (AvgIpc) is 2.86. The third-order valence-corrected chi connectivity index (χ3v) is 3.77. The predicted molar refractivity (Wildman–Crippen MR) is 88.8 cm³/mol. The zero-order valence-electron chi connectivity index (χ0n) is 12.9. The third kappa shape index (κ3) is 2.59. The van der Waals surface area contributed by atoms with Gasteiger partial charge in [-0.3, -0.25) is 5.43 Å². The Morgan fingerprint density at radius 3 is 2.79 bits per heavy atom. The van der Waals surface area contributed by atoms with Gasteiger partial charge in [-0.15, -0.1) is 0 Å². The zero-order chi connectivity index (χ0) is 17.1. The summed E-state index contributed by atoms with van der Waals surface area (Å²) in [6, 6.07) is 14.2. The summed E-state index contributed by atoms with van der Waals surface area (Å²) in [7, 11) is 0. The molecule has 118 valence electrons. The fourth-order valence-corrected chi connectivity index (χ4v) is 2.58. The van der Waals surface area contributed by atoms with Crippen molar-refractivity contribution in [3.8, 4) is 6.07 Å². The lowest BCUT2D eigenvalue weighted by Crippen LogP contribution is -2.23. The molecular formula is C18H13N4O2-. The standard InChI is InChI=1S/C18H14N4O2/c1-12-14(16-8-4-5-9-22(16)17(12)10-19)11-20-21-15-7-3-2-6-13(15)18(23)24/h2-9,11,21H,1H3,(H,23,24)/p-1/b20-11-. The van der Waals surface area contributed by atoms with Crippen molar-refractivity contribution in [1.82, 2.24) is 4.40 Å². The lowest BCUT2D eigenvalue weighted by molar-refractivity contribution is -0.254. The number of fused-ring (bicyclic) bond motifs is 1. The summed E-state index contributed by atoms with van der Waals surface area (Å²) in [6.45, 7) is 1.85. The van der Waals surface area contributed by atoms with E-state index in [1.54, 1.807) is 28.8 Å². The van der Waals surface area contributed by atoms with Gasteiger partial charge in [0.2, 0.25) is 0 Å². The minimum absolute atomic E-state index is 0.0332. The molecule has 0 fully saturated rings. The number of benzene rings is 1. The number of anilines is 1.